The Bertz CT molecular complexity index is 884. The highest BCUT2D eigenvalue weighted by Gasteiger charge is 2.19. The Morgan fingerprint density at radius 1 is 0.960 bits per heavy atom. The fourth-order valence-electron chi connectivity index (χ4n) is 3.92. The van der Waals surface area contributed by atoms with E-state index in [1.165, 1.54) is 27.7 Å². The second-order valence-corrected chi connectivity index (χ2v) is 7.51. The normalized spacial score (nSPS) is 14.5. The van der Waals surface area contributed by atoms with Crippen LogP contribution in [0.2, 0.25) is 10.0 Å². The van der Waals surface area contributed by atoms with E-state index < -0.39 is 0 Å². The molecule has 2 nitrogen and oxygen atoms in total. The highest BCUT2D eigenvalue weighted by atomic mass is 35.5. The molecule has 25 heavy (non-hydrogen) atoms. The molecule has 2 heterocycles. The number of aromatic nitrogens is 1. The summed E-state index contributed by atoms with van der Waals surface area (Å²) in [5.41, 5.74) is 5.52. The van der Waals surface area contributed by atoms with Crippen molar-refractivity contribution in [2.45, 2.75) is 32.2 Å². The van der Waals surface area contributed by atoms with E-state index in [-0.39, 0.29) is 0 Å². The molecule has 4 heteroatoms. The number of hydrogen-bond donors (Lipinski definition) is 1. The summed E-state index contributed by atoms with van der Waals surface area (Å²) in [5, 5.41) is 6.07. The van der Waals surface area contributed by atoms with E-state index in [2.05, 4.69) is 46.3 Å². The summed E-state index contributed by atoms with van der Waals surface area (Å²) in [6, 6.07) is 14.8. The van der Waals surface area contributed by atoms with E-state index in [0.717, 1.165) is 45.3 Å². The van der Waals surface area contributed by atoms with Gasteiger partial charge in [-0.25, -0.2) is 0 Å². The van der Waals surface area contributed by atoms with Gasteiger partial charge in [0.1, 0.15) is 0 Å². The monoisotopic (exact) mass is 372 g/mol. The second kappa shape index (κ2) is 7.41. The lowest BCUT2D eigenvalue weighted by Gasteiger charge is -2.11. The summed E-state index contributed by atoms with van der Waals surface area (Å²) in [7, 11) is 0. The Kier molecular flexibility index (Phi) is 5.03. The van der Waals surface area contributed by atoms with Crippen LogP contribution in [0, 0.1) is 0 Å². The number of aryl methyl sites for hydroxylation is 2. The third kappa shape index (κ3) is 3.44. The number of fused-ring (bicyclic) bond motifs is 3. The topological polar surface area (TPSA) is 17.0 Å². The Morgan fingerprint density at radius 2 is 1.72 bits per heavy atom. The van der Waals surface area contributed by atoms with E-state index in [0.29, 0.717) is 10.0 Å². The van der Waals surface area contributed by atoms with Crippen LogP contribution in [0.4, 0.5) is 0 Å². The molecule has 1 N–H and O–H groups in total. The maximum absolute atomic E-state index is 6.33. The molecule has 0 amide bonds. The Labute approximate surface area is 158 Å². The van der Waals surface area contributed by atoms with Crippen molar-refractivity contribution in [3.8, 4) is 0 Å². The standard InChI is InChI=1S/C21H22Cl2N2/c22-18-13-17-16-8-10-24-11-9-20(16)25(21(17)14-19(18)23)12-4-7-15-5-2-1-3-6-15/h1-3,5-6,13-14,24H,4,7-12H2. The summed E-state index contributed by atoms with van der Waals surface area (Å²) in [4.78, 5) is 0. The third-order valence-corrected chi connectivity index (χ3v) is 5.83. The molecule has 0 unspecified atom stereocenters. The van der Waals surface area contributed by atoms with Crippen molar-refractivity contribution in [1.29, 1.82) is 0 Å². The summed E-state index contributed by atoms with van der Waals surface area (Å²) >= 11 is 12.6. The lowest BCUT2D eigenvalue weighted by atomic mass is 10.1. The molecule has 0 bridgehead atoms. The predicted octanol–water partition coefficient (Wildman–Crippen LogP) is 5.27. The minimum Gasteiger partial charge on any atom is -0.344 e. The molecular formula is C21H22Cl2N2. The fraction of sp³-hybridized carbons (Fsp3) is 0.333. The molecule has 1 aliphatic rings. The van der Waals surface area contributed by atoms with Gasteiger partial charge in [-0.3, -0.25) is 0 Å². The predicted molar refractivity (Wildman–Crippen MR) is 107 cm³/mol. The van der Waals surface area contributed by atoms with Gasteiger partial charge in [0.25, 0.3) is 0 Å². The number of nitrogens with one attached hydrogen (secondary N) is 1. The zero-order valence-electron chi connectivity index (χ0n) is 14.2. The van der Waals surface area contributed by atoms with Gasteiger partial charge in [-0.15, -0.1) is 0 Å². The molecule has 1 aromatic heterocycles. The van der Waals surface area contributed by atoms with Gasteiger partial charge in [0.2, 0.25) is 0 Å². The molecule has 2 aromatic carbocycles. The van der Waals surface area contributed by atoms with Gasteiger partial charge in [-0.2, -0.15) is 0 Å². The van der Waals surface area contributed by atoms with Crippen molar-refractivity contribution >= 4 is 34.1 Å². The van der Waals surface area contributed by atoms with Gasteiger partial charge in [-0.1, -0.05) is 53.5 Å². The van der Waals surface area contributed by atoms with Gasteiger partial charge in [0.05, 0.1) is 15.6 Å². The van der Waals surface area contributed by atoms with Gasteiger partial charge < -0.3 is 9.88 Å². The van der Waals surface area contributed by atoms with Crippen LogP contribution in [-0.4, -0.2) is 17.7 Å². The highest BCUT2D eigenvalue weighted by molar-refractivity contribution is 6.42. The van der Waals surface area contributed by atoms with Crippen LogP contribution < -0.4 is 5.32 Å². The van der Waals surface area contributed by atoms with Crippen LogP contribution in [0.25, 0.3) is 10.9 Å². The van der Waals surface area contributed by atoms with Crippen LogP contribution in [0.15, 0.2) is 42.5 Å². The quantitative estimate of drug-likeness (QED) is 0.659. The smallest absolute Gasteiger partial charge is 0.0613 e. The van der Waals surface area contributed by atoms with Crippen molar-refractivity contribution in [2.24, 2.45) is 0 Å². The van der Waals surface area contributed by atoms with Gasteiger partial charge in [0.15, 0.2) is 0 Å². The number of benzene rings is 2. The van der Waals surface area contributed by atoms with Crippen LogP contribution in [0.5, 0.6) is 0 Å². The Hall–Kier alpha value is -1.48. The third-order valence-electron chi connectivity index (χ3n) is 5.11. The number of nitrogens with zero attached hydrogens (tertiary/aromatic N) is 1. The zero-order valence-corrected chi connectivity index (χ0v) is 15.7. The number of hydrogen-bond acceptors (Lipinski definition) is 1. The molecule has 0 saturated carbocycles. The molecule has 1 aliphatic heterocycles. The summed E-state index contributed by atoms with van der Waals surface area (Å²) < 4.78 is 2.48. The minimum absolute atomic E-state index is 0.643. The molecule has 0 fully saturated rings. The summed E-state index contributed by atoms with van der Waals surface area (Å²) in [6.07, 6.45) is 4.32. The largest absolute Gasteiger partial charge is 0.344 e. The second-order valence-electron chi connectivity index (χ2n) is 6.70. The maximum atomic E-state index is 6.33. The first kappa shape index (κ1) is 17.0. The average molecular weight is 373 g/mol. The lowest BCUT2D eigenvalue weighted by Crippen LogP contribution is -2.17. The number of rotatable bonds is 4. The molecule has 3 aromatic rings. The van der Waals surface area contributed by atoms with Crippen LogP contribution in [0.3, 0.4) is 0 Å². The van der Waals surface area contributed by atoms with Gasteiger partial charge >= 0.3 is 0 Å². The summed E-state index contributed by atoms with van der Waals surface area (Å²) in [5.74, 6) is 0. The van der Waals surface area contributed by atoms with Crippen LogP contribution >= 0.6 is 23.2 Å². The Balaban J connectivity index is 1.69. The molecule has 0 aliphatic carbocycles. The fourth-order valence-corrected chi connectivity index (χ4v) is 4.24. The Morgan fingerprint density at radius 3 is 2.56 bits per heavy atom. The molecular weight excluding hydrogens is 351 g/mol. The molecule has 0 radical (unpaired) electrons. The van der Waals surface area contributed by atoms with E-state index in [4.69, 9.17) is 23.2 Å². The van der Waals surface area contributed by atoms with Crippen molar-refractivity contribution in [2.75, 3.05) is 13.1 Å². The van der Waals surface area contributed by atoms with Crippen LogP contribution in [0.1, 0.15) is 23.2 Å². The van der Waals surface area contributed by atoms with Crippen molar-refractivity contribution < 1.29 is 0 Å². The van der Waals surface area contributed by atoms with E-state index in [1.54, 1.807) is 0 Å². The van der Waals surface area contributed by atoms with Gasteiger partial charge in [-0.05, 0) is 49.1 Å². The van der Waals surface area contributed by atoms with Crippen molar-refractivity contribution in [3.63, 3.8) is 0 Å². The highest BCUT2D eigenvalue weighted by Crippen LogP contribution is 2.34. The molecule has 4 rings (SSSR count). The molecule has 130 valence electrons. The first-order valence-corrected chi connectivity index (χ1v) is 9.73. The maximum Gasteiger partial charge on any atom is 0.0613 e. The minimum atomic E-state index is 0.643. The molecule has 0 atom stereocenters. The lowest BCUT2D eigenvalue weighted by molar-refractivity contribution is 0.625. The van der Waals surface area contributed by atoms with E-state index in [9.17, 15) is 0 Å². The van der Waals surface area contributed by atoms with Crippen molar-refractivity contribution in [3.05, 3.63) is 69.3 Å². The zero-order chi connectivity index (χ0) is 17.2. The molecule has 0 saturated heterocycles. The summed E-state index contributed by atoms with van der Waals surface area (Å²) in [6.45, 7) is 3.07. The number of halogens is 2. The first-order valence-electron chi connectivity index (χ1n) is 8.97. The molecule has 0 spiro atoms. The average Bonchev–Trinajstić information content (AvgIpc) is 2.79. The first-order chi connectivity index (χ1) is 12.2. The van der Waals surface area contributed by atoms with Crippen molar-refractivity contribution in [1.82, 2.24) is 9.88 Å². The van der Waals surface area contributed by atoms with Crippen LogP contribution in [-0.2, 0) is 25.8 Å². The van der Waals surface area contributed by atoms with E-state index >= 15 is 0 Å². The SMILES string of the molecule is Clc1cc2c3c(n(CCCc4ccccc4)c2cc1Cl)CCNCC3. The van der Waals surface area contributed by atoms with E-state index in [1.807, 2.05) is 6.07 Å². The van der Waals surface area contributed by atoms with Gasteiger partial charge in [0, 0.05) is 30.6 Å².